The van der Waals surface area contributed by atoms with Gasteiger partial charge in [-0.05, 0) is 6.42 Å². The molecule has 0 saturated carbocycles. The number of anilines is 1. The van der Waals surface area contributed by atoms with E-state index in [-0.39, 0.29) is 18.7 Å². The van der Waals surface area contributed by atoms with Crippen molar-refractivity contribution in [1.29, 1.82) is 0 Å². The lowest BCUT2D eigenvalue weighted by Gasteiger charge is -2.08. The van der Waals surface area contributed by atoms with Gasteiger partial charge in [0.1, 0.15) is 0 Å². The van der Waals surface area contributed by atoms with Gasteiger partial charge < -0.3 is 15.5 Å². The van der Waals surface area contributed by atoms with Crippen molar-refractivity contribution >= 4 is 5.95 Å². The zero-order valence-corrected chi connectivity index (χ0v) is 8.53. The fourth-order valence-electron chi connectivity index (χ4n) is 1.04. The van der Waals surface area contributed by atoms with Gasteiger partial charge in [0.25, 0.3) is 5.56 Å². The molecular formula is C9H15N3O3. The van der Waals surface area contributed by atoms with Crippen LogP contribution < -0.4 is 10.9 Å². The minimum absolute atomic E-state index is 0.144. The van der Waals surface area contributed by atoms with Gasteiger partial charge in [-0.15, -0.1) is 0 Å². The molecule has 1 aromatic heterocycles. The summed E-state index contributed by atoms with van der Waals surface area (Å²) < 4.78 is 0. The second-order valence-corrected chi connectivity index (χ2v) is 3.16. The fraction of sp³-hybridized carbons (Fsp3) is 0.556. The lowest BCUT2D eigenvalue weighted by atomic mass is 10.3. The summed E-state index contributed by atoms with van der Waals surface area (Å²) in [6.45, 7) is 1.68. The molecule has 0 aliphatic rings. The molecule has 0 spiro atoms. The minimum Gasteiger partial charge on any atom is -0.394 e. The van der Waals surface area contributed by atoms with Gasteiger partial charge in [0, 0.05) is 18.3 Å². The second kappa shape index (κ2) is 5.47. The molecule has 15 heavy (non-hydrogen) atoms. The lowest BCUT2D eigenvalue weighted by Crippen LogP contribution is -2.25. The Labute approximate surface area is 87.0 Å². The molecule has 84 valence electrons. The Morgan fingerprint density at radius 3 is 2.93 bits per heavy atom. The maximum atomic E-state index is 11.3. The normalized spacial score (nSPS) is 12.5. The van der Waals surface area contributed by atoms with Crippen LogP contribution in [-0.4, -0.2) is 39.4 Å². The van der Waals surface area contributed by atoms with Crippen LogP contribution in [0.2, 0.25) is 0 Å². The molecule has 6 nitrogen and oxygen atoms in total. The van der Waals surface area contributed by atoms with E-state index in [0.29, 0.717) is 17.9 Å². The van der Waals surface area contributed by atoms with Gasteiger partial charge >= 0.3 is 0 Å². The van der Waals surface area contributed by atoms with Crippen LogP contribution in [0.5, 0.6) is 0 Å². The first-order valence-corrected chi connectivity index (χ1v) is 4.78. The van der Waals surface area contributed by atoms with Crippen molar-refractivity contribution in [3.05, 3.63) is 22.1 Å². The third kappa shape index (κ3) is 3.34. The number of nitrogens with one attached hydrogen (secondary N) is 2. The number of aromatic nitrogens is 2. The average molecular weight is 213 g/mol. The highest BCUT2D eigenvalue weighted by atomic mass is 16.3. The van der Waals surface area contributed by atoms with Crippen LogP contribution in [0, 0.1) is 0 Å². The zero-order chi connectivity index (χ0) is 11.3. The van der Waals surface area contributed by atoms with E-state index in [9.17, 15) is 4.79 Å². The lowest BCUT2D eigenvalue weighted by molar-refractivity contribution is 0.105. The predicted molar refractivity (Wildman–Crippen MR) is 55.8 cm³/mol. The number of rotatable bonds is 5. The van der Waals surface area contributed by atoms with Gasteiger partial charge in [-0.25, -0.2) is 4.98 Å². The number of aromatic amines is 1. The van der Waals surface area contributed by atoms with Gasteiger partial charge in [0.15, 0.2) is 0 Å². The van der Waals surface area contributed by atoms with Crippen molar-refractivity contribution < 1.29 is 10.2 Å². The molecule has 1 atom stereocenters. The third-order valence-corrected chi connectivity index (χ3v) is 1.97. The molecule has 0 aliphatic heterocycles. The molecule has 1 rings (SSSR count). The number of hydrogen-bond donors (Lipinski definition) is 4. The predicted octanol–water partition coefficient (Wildman–Crippen LogP) is -0.903. The second-order valence-electron chi connectivity index (χ2n) is 3.16. The van der Waals surface area contributed by atoms with Crippen molar-refractivity contribution in [2.75, 3.05) is 18.5 Å². The highest BCUT2D eigenvalue weighted by Gasteiger charge is 2.03. The number of nitrogens with zero attached hydrogens (tertiary/aromatic N) is 1. The monoisotopic (exact) mass is 213 g/mol. The SMILES string of the molecule is CCc1cnc(NCC(O)CO)[nH]c1=O. The number of hydrogen-bond acceptors (Lipinski definition) is 5. The Hall–Kier alpha value is -1.40. The first-order chi connectivity index (χ1) is 7.17. The van der Waals surface area contributed by atoms with Crippen LogP contribution in [-0.2, 0) is 6.42 Å². The summed E-state index contributed by atoms with van der Waals surface area (Å²) in [5.41, 5.74) is 0.428. The molecule has 0 bridgehead atoms. The number of aryl methyl sites for hydroxylation is 1. The van der Waals surface area contributed by atoms with Gasteiger partial charge in [0.2, 0.25) is 5.95 Å². The Kier molecular flexibility index (Phi) is 4.26. The molecule has 1 unspecified atom stereocenters. The molecule has 0 aromatic carbocycles. The molecule has 1 aromatic rings. The quantitative estimate of drug-likeness (QED) is 0.508. The maximum absolute atomic E-state index is 11.3. The van der Waals surface area contributed by atoms with Crippen molar-refractivity contribution in [2.24, 2.45) is 0 Å². The van der Waals surface area contributed by atoms with Crippen LogP contribution in [0.3, 0.4) is 0 Å². The van der Waals surface area contributed by atoms with Gasteiger partial charge in [-0.2, -0.15) is 0 Å². The van der Waals surface area contributed by atoms with Crippen LogP contribution in [0.4, 0.5) is 5.95 Å². The van der Waals surface area contributed by atoms with E-state index < -0.39 is 6.10 Å². The Bertz CT molecular complexity index is 364. The number of H-pyrrole nitrogens is 1. The molecule has 0 fully saturated rings. The van der Waals surface area contributed by atoms with E-state index in [2.05, 4.69) is 15.3 Å². The summed E-state index contributed by atoms with van der Waals surface area (Å²) in [6.07, 6.45) is 1.26. The van der Waals surface area contributed by atoms with Crippen molar-refractivity contribution in [2.45, 2.75) is 19.4 Å². The van der Waals surface area contributed by atoms with Gasteiger partial charge in [-0.1, -0.05) is 6.92 Å². The summed E-state index contributed by atoms with van der Waals surface area (Å²) in [4.78, 5) is 17.8. The number of aliphatic hydroxyl groups excluding tert-OH is 2. The molecule has 0 saturated heterocycles. The van der Waals surface area contributed by atoms with Crippen molar-refractivity contribution in [3.63, 3.8) is 0 Å². The van der Waals surface area contributed by atoms with Crippen molar-refractivity contribution in [3.8, 4) is 0 Å². The Morgan fingerprint density at radius 2 is 2.40 bits per heavy atom. The van der Waals surface area contributed by atoms with Crippen molar-refractivity contribution in [1.82, 2.24) is 9.97 Å². The molecular weight excluding hydrogens is 198 g/mol. The van der Waals surface area contributed by atoms with Crippen LogP contribution in [0.1, 0.15) is 12.5 Å². The van der Waals surface area contributed by atoms with Crippen LogP contribution in [0.15, 0.2) is 11.0 Å². The largest absolute Gasteiger partial charge is 0.394 e. The third-order valence-electron chi connectivity index (χ3n) is 1.97. The summed E-state index contributed by atoms with van der Waals surface area (Å²) in [5.74, 6) is 0.296. The minimum atomic E-state index is -0.860. The molecule has 0 radical (unpaired) electrons. The molecule has 4 N–H and O–H groups in total. The highest BCUT2D eigenvalue weighted by molar-refractivity contribution is 5.24. The topological polar surface area (TPSA) is 98.2 Å². The van der Waals surface area contributed by atoms with E-state index in [1.54, 1.807) is 0 Å². The summed E-state index contributed by atoms with van der Waals surface area (Å²) in [5, 5.41) is 20.3. The van der Waals surface area contributed by atoms with E-state index in [1.165, 1.54) is 6.20 Å². The van der Waals surface area contributed by atoms with E-state index >= 15 is 0 Å². The van der Waals surface area contributed by atoms with Crippen LogP contribution >= 0.6 is 0 Å². The average Bonchev–Trinajstić information content (AvgIpc) is 2.26. The molecule has 6 heteroatoms. The van der Waals surface area contributed by atoms with E-state index in [0.717, 1.165) is 0 Å². The van der Waals surface area contributed by atoms with E-state index in [1.807, 2.05) is 6.92 Å². The first-order valence-electron chi connectivity index (χ1n) is 4.78. The summed E-state index contributed by atoms with van der Waals surface area (Å²) in [7, 11) is 0. The van der Waals surface area contributed by atoms with Gasteiger partial charge in [-0.3, -0.25) is 9.78 Å². The standard InChI is InChI=1S/C9H15N3O3/c1-2-6-3-10-9(12-8(6)15)11-4-7(14)5-13/h3,7,13-14H,2,4-5H2,1H3,(H2,10,11,12,15). The fourth-order valence-corrected chi connectivity index (χ4v) is 1.04. The Morgan fingerprint density at radius 1 is 1.67 bits per heavy atom. The summed E-state index contributed by atoms with van der Waals surface area (Å²) in [6, 6.07) is 0. The smallest absolute Gasteiger partial charge is 0.255 e. The highest BCUT2D eigenvalue weighted by Crippen LogP contribution is 1.95. The molecule has 0 amide bonds. The molecule has 0 aliphatic carbocycles. The Balaban J connectivity index is 2.64. The maximum Gasteiger partial charge on any atom is 0.255 e. The molecule has 1 heterocycles. The van der Waals surface area contributed by atoms with E-state index in [4.69, 9.17) is 10.2 Å². The van der Waals surface area contributed by atoms with Gasteiger partial charge in [0.05, 0.1) is 12.7 Å². The number of aliphatic hydroxyl groups is 2. The van der Waals surface area contributed by atoms with Crippen LogP contribution in [0.25, 0.3) is 0 Å². The first kappa shape index (κ1) is 11.7. The zero-order valence-electron chi connectivity index (χ0n) is 8.53. The summed E-state index contributed by atoms with van der Waals surface area (Å²) >= 11 is 0.